The van der Waals surface area contributed by atoms with Crippen molar-refractivity contribution in [1.29, 1.82) is 0 Å². The van der Waals surface area contributed by atoms with Gasteiger partial charge in [0.05, 0.1) is 6.04 Å². The van der Waals surface area contributed by atoms with Crippen LogP contribution >= 0.6 is 0 Å². The van der Waals surface area contributed by atoms with E-state index < -0.39 is 0 Å². The summed E-state index contributed by atoms with van der Waals surface area (Å²) < 4.78 is 0. The van der Waals surface area contributed by atoms with Gasteiger partial charge in [0.15, 0.2) is 0 Å². The van der Waals surface area contributed by atoms with Gasteiger partial charge in [-0.15, -0.1) is 0 Å². The molecule has 5 heteroatoms. The van der Waals surface area contributed by atoms with Gasteiger partial charge in [-0.3, -0.25) is 4.79 Å². The second kappa shape index (κ2) is 6.67. The van der Waals surface area contributed by atoms with E-state index in [9.17, 15) is 4.79 Å². The monoisotopic (exact) mass is 246 g/mol. The van der Waals surface area contributed by atoms with E-state index in [1.807, 2.05) is 31.2 Å². The van der Waals surface area contributed by atoms with Gasteiger partial charge in [0.1, 0.15) is 0 Å². The normalized spacial score (nSPS) is 11.5. The number of azide groups is 1. The third-order valence-electron chi connectivity index (χ3n) is 2.80. The SMILES string of the molecule is CC(=O)N(Cc1ccccc1C)CC(C)N=[N+]=[N-]. The third-order valence-corrected chi connectivity index (χ3v) is 2.80. The fourth-order valence-corrected chi connectivity index (χ4v) is 1.74. The topological polar surface area (TPSA) is 69.1 Å². The maximum Gasteiger partial charge on any atom is 0.219 e. The molecular formula is C13H18N4O. The number of benzene rings is 1. The van der Waals surface area contributed by atoms with Gasteiger partial charge >= 0.3 is 0 Å². The van der Waals surface area contributed by atoms with Crippen molar-refractivity contribution < 1.29 is 4.79 Å². The van der Waals surface area contributed by atoms with E-state index in [1.54, 1.807) is 11.8 Å². The van der Waals surface area contributed by atoms with Crippen molar-refractivity contribution in [2.24, 2.45) is 5.11 Å². The average Bonchev–Trinajstić information content (AvgIpc) is 2.31. The predicted octanol–water partition coefficient (Wildman–Crippen LogP) is 3.04. The third kappa shape index (κ3) is 4.11. The quantitative estimate of drug-likeness (QED) is 0.447. The van der Waals surface area contributed by atoms with Crippen LogP contribution in [0.5, 0.6) is 0 Å². The molecule has 1 amide bonds. The highest BCUT2D eigenvalue weighted by molar-refractivity contribution is 5.73. The number of aryl methyl sites for hydroxylation is 1. The van der Waals surface area contributed by atoms with Gasteiger partial charge in [-0.2, -0.15) is 0 Å². The van der Waals surface area contributed by atoms with Gasteiger partial charge in [-0.05, 0) is 23.6 Å². The van der Waals surface area contributed by atoms with Gasteiger partial charge in [0, 0.05) is 24.9 Å². The zero-order chi connectivity index (χ0) is 13.5. The Labute approximate surface area is 107 Å². The molecule has 0 radical (unpaired) electrons. The minimum atomic E-state index is -0.220. The van der Waals surface area contributed by atoms with Crippen LogP contribution in [-0.4, -0.2) is 23.4 Å². The van der Waals surface area contributed by atoms with Crippen LogP contribution in [0, 0.1) is 6.92 Å². The number of rotatable bonds is 5. The summed E-state index contributed by atoms with van der Waals surface area (Å²) in [6, 6.07) is 7.73. The van der Waals surface area contributed by atoms with Crippen molar-refractivity contribution in [1.82, 2.24) is 4.90 Å². The second-order valence-corrected chi connectivity index (χ2v) is 4.38. The van der Waals surface area contributed by atoms with Crippen molar-refractivity contribution in [3.8, 4) is 0 Å². The zero-order valence-corrected chi connectivity index (χ0v) is 11.0. The van der Waals surface area contributed by atoms with E-state index in [0.29, 0.717) is 13.1 Å². The van der Waals surface area contributed by atoms with E-state index in [2.05, 4.69) is 10.0 Å². The molecule has 5 nitrogen and oxygen atoms in total. The fraction of sp³-hybridized carbons (Fsp3) is 0.462. The Balaban J connectivity index is 2.78. The number of carbonyl (C=O) groups excluding carboxylic acids is 1. The number of carbonyl (C=O) groups is 1. The molecule has 0 fully saturated rings. The highest BCUT2D eigenvalue weighted by Gasteiger charge is 2.13. The molecule has 0 spiro atoms. The molecule has 0 saturated carbocycles. The minimum absolute atomic E-state index is 0.0155. The maximum absolute atomic E-state index is 11.6. The van der Waals surface area contributed by atoms with Gasteiger partial charge in [0.25, 0.3) is 0 Å². The van der Waals surface area contributed by atoms with Crippen molar-refractivity contribution >= 4 is 5.91 Å². The number of hydrogen-bond acceptors (Lipinski definition) is 2. The van der Waals surface area contributed by atoms with Crippen LogP contribution in [0.4, 0.5) is 0 Å². The molecule has 0 saturated heterocycles. The second-order valence-electron chi connectivity index (χ2n) is 4.38. The lowest BCUT2D eigenvalue weighted by molar-refractivity contribution is -0.129. The summed E-state index contributed by atoms with van der Waals surface area (Å²) in [7, 11) is 0. The number of hydrogen-bond donors (Lipinski definition) is 0. The molecular weight excluding hydrogens is 228 g/mol. The molecule has 1 unspecified atom stereocenters. The molecule has 0 aliphatic carbocycles. The lowest BCUT2D eigenvalue weighted by atomic mass is 10.1. The summed E-state index contributed by atoms with van der Waals surface area (Å²) in [4.78, 5) is 16.0. The molecule has 0 aliphatic heterocycles. The van der Waals surface area contributed by atoms with E-state index >= 15 is 0 Å². The molecule has 96 valence electrons. The molecule has 0 bridgehead atoms. The first-order chi connectivity index (χ1) is 8.54. The molecule has 0 N–H and O–H groups in total. The molecule has 1 atom stereocenters. The van der Waals surface area contributed by atoms with E-state index in [1.165, 1.54) is 6.92 Å². The predicted molar refractivity (Wildman–Crippen MR) is 70.9 cm³/mol. The van der Waals surface area contributed by atoms with Crippen molar-refractivity contribution in [3.05, 3.63) is 45.8 Å². The smallest absolute Gasteiger partial charge is 0.219 e. The van der Waals surface area contributed by atoms with Gasteiger partial charge in [-0.1, -0.05) is 36.3 Å². The van der Waals surface area contributed by atoms with E-state index in [4.69, 9.17) is 5.53 Å². The Bertz CT molecular complexity index is 466. The standard InChI is InChI=1S/C13H18N4O/c1-10-6-4-5-7-13(10)9-17(12(3)18)8-11(2)15-16-14/h4-7,11H,8-9H2,1-3H3. The van der Waals surface area contributed by atoms with Crippen LogP contribution in [0.25, 0.3) is 10.4 Å². The largest absolute Gasteiger partial charge is 0.338 e. The lowest BCUT2D eigenvalue weighted by Gasteiger charge is -2.23. The summed E-state index contributed by atoms with van der Waals surface area (Å²) in [5.41, 5.74) is 10.6. The van der Waals surface area contributed by atoms with Crippen molar-refractivity contribution in [2.45, 2.75) is 33.4 Å². The number of amides is 1. The van der Waals surface area contributed by atoms with Crippen LogP contribution in [0.2, 0.25) is 0 Å². The maximum atomic E-state index is 11.6. The fourth-order valence-electron chi connectivity index (χ4n) is 1.74. The van der Waals surface area contributed by atoms with Gasteiger partial charge in [0.2, 0.25) is 5.91 Å². The molecule has 0 aliphatic rings. The first-order valence-electron chi connectivity index (χ1n) is 5.88. The van der Waals surface area contributed by atoms with Crippen LogP contribution < -0.4 is 0 Å². The Morgan fingerprint density at radius 2 is 2.17 bits per heavy atom. The van der Waals surface area contributed by atoms with Crippen LogP contribution in [0.3, 0.4) is 0 Å². The van der Waals surface area contributed by atoms with E-state index in [-0.39, 0.29) is 11.9 Å². The van der Waals surface area contributed by atoms with Gasteiger partial charge < -0.3 is 4.90 Å². The lowest BCUT2D eigenvalue weighted by Crippen LogP contribution is -2.33. The van der Waals surface area contributed by atoms with Crippen molar-refractivity contribution in [3.63, 3.8) is 0 Å². The minimum Gasteiger partial charge on any atom is -0.338 e. The van der Waals surface area contributed by atoms with Crippen LogP contribution in [-0.2, 0) is 11.3 Å². The molecule has 1 rings (SSSR count). The molecule has 0 aromatic heterocycles. The Hall–Kier alpha value is -2.00. The summed E-state index contributed by atoms with van der Waals surface area (Å²) >= 11 is 0. The average molecular weight is 246 g/mol. The first kappa shape index (κ1) is 14.1. The van der Waals surface area contributed by atoms with Crippen LogP contribution in [0.15, 0.2) is 29.4 Å². The van der Waals surface area contributed by atoms with Gasteiger partial charge in [-0.25, -0.2) is 0 Å². The summed E-state index contributed by atoms with van der Waals surface area (Å²) in [6.45, 7) is 6.33. The summed E-state index contributed by atoms with van der Waals surface area (Å²) in [6.07, 6.45) is 0. The summed E-state index contributed by atoms with van der Waals surface area (Å²) in [5.74, 6) is -0.0155. The Morgan fingerprint density at radius 3 is 2.72 bits per heavy atom. The molecule has 1 aromatic rings. The molecule has 18 heavy (non-hydrogen) atoms. The highest BCUT2D eigenvalue weighted by atomic mass is 16.2. The highest BCUT2D eigenvalue weighted by Crippen LogP contribution is 2.11. The zero-order valence-electron chi connectivity index (χ0n) is 11.0. The Morgan fingerprint density at radius 1 is 1.50 bits per heavy atom. The van der Waals surface area contributed by atoms with Crippen molar-refractivity contribution in [2.75, 3.05) is 6.54 Å². The Kier molecular flexibility index (Phi) is 5.21. The first-order valence-corrected chi connectivity index (χ1v) is 5.88. The molecule has 0 heterocycles. The molecule has 1 aromatic carbocycles. The summed E-state index contributed by atoms with van der Waals surface area (Å²) in [5, 5.41) is 3.60. The van der Waals surface area contributed by atoms with E-state index in [0.717, 1.165) is 11.1 Å². The van der Waals surface area contributed by atoms with Crippen LogP contribution in [0.1, 0.15) is 25.0 Å². The number of nitrogens with zero attached hydrogens (tertiary/aromatic N) is 4.